The number of anilines is 2. The summed E-state index contributed by atoms with van der Waals surface area (Å²) < 4.78 is 11.6. The molecule has 9 nitrogen and oxygen atoms in total. The summed E-state index contributed by atoms with van der Waals surface area (Å²) in [5.74, 6) is -0.263. The lowest BCUT2D eigenvalue weighted by atomic mass is 10.3. The summed E-state index contributed by atoms with van der Waals surface area (Å²) in [7, 11) is 1.59. The van der Waals surface area contributed by atoms with Crippen LogP contribution in [0.1, 0.15) is 4.88 Å². The molecule has 0 saturated carbocycles. The van der Waals surface area contributed by atoms with E-state index in [2.05, 4.69) is 15.6 Å². The van der Waals surface area contributed by atoms with Gasteiger partial charge in [0.05, 0.1) is 11.4 Å². The number of nitrogens with one attached hydrogen (secondary N) is 1. The number of benzene rings is 1. The number of carbonyl (C=O) groups excluding carboxylic acids is 2. The van der Waals surface area contributed by atoms with Crippen LogP contribution in [0.5, 0.6) is 0 Å². The van der Waals surface area contributed by atoms with Crippen molar-refractivity contribution in [1.82, 2.24) is 5.27 Å². The number of carbonyl (C=O) groups is 2. The topological polar surface area (TPSA) is 101 Å². The lowest BCUT2D eigenvalue weighted by molar-refractivity contribution is -0.763. The van der Waals surface area contributed by atoms with Crippen molar-refractivity contribution >= 4 is 57.7 Å². The van der Waals surface area contributed by atoms with E-state index in [1.807, 2.05) is 47.8 Å². The number of amides is 2. The maximum atomic E-state index is 13.1. The Morgan fingerprint density at radius 2 is 2.16 bits per heavy atom. The highest BCUT2D eigenvalue weighted by Gasteiger charge is 2.32. The van der Waals surface area contributed by atoms with Gasteiger partial charge in [-0.15, -0.1) is 11.3 Å². The van der Waals surface area contributed by atoms with Crippen molar-refractivity contribution in [3.63, 3.8) is 0 Å². The molecule has 0 aliphatic carbocycles. The molecule has 1 aliphatic rings. The highest BCUT2D eigenvalue weighted by atomic mass is 32.2. The first-order valence-corrected chi connectivity index (χ1v) is 11.5. The van der Waals surface area contributed by atoms with Gasteiger partial charge in [-0.1, -0.05) is 36.0 Å². The molecule has 3 heterocycles. The van der Waals surface area contributed by atoms with Crippen LogP contribution >= 0.6 is 23.1 Å². The number of aliphatic imine (C=N–C) groups is 1. The Morgan fingerprint density at radius 1 is 1.31 bits per heavy atom. The second-order valence-corrected chi connectivity index (χ2v) is 8.50. The van der Waals surface area contributed by atoms with Crippen LogP contribution in [0.25, 0.3) is 6.08 Å². The number of hydrogen-bond donors (Lipinski definition) is 1. The molecule has 32 heavy (non-hydrogen) atoms. The van der Waals surface area contributed by atoms with Crippen LogP contribution in [-0.4, -0.2) is 41.7 Å². The molecule has 164 valence electrons. The first kappa shape index (κ1) is 21.9. The standard InChI is InChI=1S/C21H19N5O4S2/c1-29-10-9-25-13-19(30-24-25)23-18(27)14-32-21-22-17(12-16-8-5-11-31-16)20(28)26(21)15-6-3-2-4-7-15/h2-8,11-13H,9-10,14H2,1H3/p+1/b17-12+. The number of aromatic nitrogens is 2. The van der Waals surface area contributed by atoms with Gasteiger partial charge in [0, 0.05) is 12.0 Å². The summed E-state index contributed by atoms with van der Waals surface area (Å²) in [6.07, 6.45) is 3.33. The van der Waals surface area contributed by atoms with Crippen molar-refractivity contribution in [1.29, 1.82) is 0 Å². The number of methoxy groups -OCH3 is 1. The minimum absolute atomic E-state index is 0.0422. The second kappa shape index (κ2) is 10.4. The number of rotatable bonds is 8. The van der Waals surface area contributed by atoms with E-state index >= 15 is 0 Å². The Morgan fingerprint density at radius 3 is 2.91 bits per heavy atom. The third-order valence-electron chi connectivity index (χ3n) is 4.30. The van der Waals surface area contributed by atoms with Crippen LogP contribution in [0.4, 0.5) is 11.6 Å². The highest BCUT2D eigenvalue weighted by Crippen LogP contribution is 2.29. The number of hydrogen-bond acceptors (Lipinski definition) is 8. The first-order valence-electron chi connectivity index (χ1n) is 9.65. The molecule has 0 spiro atoms. The summed E-state index contributed by atoms with van der Waals surface area (Å²) in [5, 5.41) is 8.84. The molecule has 4 rings (SSSR count). The van der Waals surface area contributed by atoms with Crippen molar-refractivity contribution in [2.75, 3.05) is 29.7 Å². The number of ether oxygens (including phenoxy) is 1. The summed E-state index contributed by atoms with van der Waals surface area (Å²) in [4.78, 5) is 32.5. The van der Waals surface area contributed by atoms with Gasteiger partial charge in [0.25, 0.3) is 12.1 Å². The molecule has 1 aromatic carbocycles. The van der Waals surface area contributed by atoms with E-state index in [0.29, 0.717) is 29.7 Å². The largest absolute Gasteiger partial charge is 0.378 e. The van der Waals surface area contributed by atoms with E-state index in [9.17, 15) is 9.59 Å². The molecular formula is C21H20N5O4S2+. The Bertz CT molecular complexity index is 1140. The molecule has 2 amide bonds. The van der Waals surface area contributed by atoms with Gasteiger partial charge in [0.2, 0.25) is 17.7 Å². The number of amidine groups is 1. The van der Waals surface area contributed by atoms with Crippen LogP contribution in [0, 0.1) is 0 Å². The Hall–Kier alpha value is -3.28. The van der Waals surface area contributed by atoms with Crippen LogP contribution < -0.4 is 14.9 Å². The molecule has 0 radical (unpaired) electrons. The normalized spacial score (nSPS) is 14.8. The number of thiophene rings is 1. The van der Waals surface area contributed by atoms with Gasteiger partial charge in [-0.25, -0.2) is 4.99 Å². The van der Waals surface area contributed by atoms with Gasteiger partial charge in [0.15, 0.2) is 5.17 Å². The molecule has 0 bridgehead atoms. The number of thioether (sulfide) groups is 1. The molecule has 0 saturated heterocycles. The molecule has 2 aromatic heterocycles. The maximum Gasteiger partial charge on any atom is 0.302 e. The summed E-state index contributed by atoms with van der Waals surface area (Å²) >= 11 is 2.69. The molecule has 0 unspecified atom stereocenters. The van der Waals surface area contributed by atoms with Crippen LogP contribution in [-0.2, 0) is 20.9 Å². The predicted octanol–water partition coefficient (Wildman–Crippen LogP) is 2.79. The van der Waals surface area contributed by atoms with Gasteiger partial charge in [-0.3, -0.25) is 24.3 Å². The average Bonchev–Trinajstić information content (AvgIpc) is 3.54. The second-order valence-electron chi connectivity index (χ2n) is 6.57. The molecule has 0 fully saturated rings. The zero-order valence-electron chi connectivity index (χ0n) is 17.1. The first-order chi connectivity index (χ1) is 15.6. The summed E-state index contributed by atoms with van der Waals surface area (Å²) in [5.41, 5.74) is 1.02. The summed E-state index contributed by atoms with van der Waals surface area (Å²) in [6, 6.07) is 13.1. The summed E-state index contributed by atoms with van der Waals surface area (Å²) in [6.45, 7) is 0.986. The smallest absolute Gasteiger partial charge is 0.302 e. The fourth-order valence-electron chi connectivity index (χ4n) is 2.83. The van der Waals surface area contributed by atoms with Crippen molar-refractivity contribution in [3.8, 4) is 0 Å². The fourth-order valence-corrected chi connectivity index (χ4v) is 4.30. The fraction of sp³-hybridized carbons (Fsp3) is 0.190. The van der Waals surface area contributed by atoms with Gasteiger partial charge >= 0.3 is 5.88 Å². The Balaban J connectivity index is 1.46. The third kappa shape index (κ3) is 5.31. The Kier molecular flexibility index (Phi) is 7.10. The van der Waals surface area contributed by atoms with Crippen molar-refractivity contribution in [2.45, 2.75) is 6.54 Å². The van der Waals surface area contributed by atoms with Gasteiger partial charge in [0.1, 0.15) is 12.3 Å². The van der Waals surface area contributed by atoms with E-state index < -0.39 is 0 Å². The molecule has 1 aliphatic heterocycles. The minimum Gasteiger partial charge on any atom is -0.378 e. The zero-order valence-corrected chi connectivity index (χ0v) is 18.8. The third-order valence-corrected chi connectivity index (χ3v) is 6.05. The predicted molar refractivity (Wildman–Crippen MR) is 123 cm³/mol. The zero-order chi connectivity index (χ0) is 22.3. The lowest BCUT2D eigenvalue weighted by Gasteiger charge is -2.17. The molecule has 3 aromatic rings. The van der Waals surface area contributed by atoms with Gasteiger partial charge in [-0.05, 0) is 34.3 Å². The van der Waals surface area contributed by atoms with Crippen molar-refractivity contribution < 1.29 is 23.5 Å². The van der Waals surface area contributed by atoms with Crippen molar-refractivity contribution in [3.05, 3.63) is 64.6 Å². The quantitative estimate of drug-likeness (QED) is 0.401. The van der Waals surface area contributed by atoms with E-state index in [0.717, 1.165) is 4.88 Å². The molecule has 1 N–H and O–H groups in total. The maximum absolute atomic E-state index is 13.1. The van der Waals surface area contributed by atoms with Crippen LogP contribution in [0.2, 0.25) is 0 Å². The van der Waals surface area contributed by atoms with E-state index in [-0.39, 0.29) is 23.5 Å². The van der Waals surface area contributed by atoms with Crippen molar-refractivity contribution in [2.24, 2.45) is 4.99 Å². The minimum atomic E-state index is -0.302. The molecule has 11 heteroatoms. The van der Waals surface area contributed by atoms with Crippen LogP contribution in [0.3, 0.4) is 0 Å². The highest BCUT2D eigenvalue weighted by molar-refractivity contribution is 8.14. The number of nitrogens with zero attached hydrogens (tertiary/aromatic N) is 4. The van der Waals surface area contributed by atoms with E-state index in [1.165, 1.54) is 32.7 Å². The Labute approximate surface area is 192 Å². The monoisotopic (exact) mass is 470 g/mol. The molecular weight excluding hydrogens is 450 g/mol. The van der Waals surface area contributed by atoms with Crippen LogP contribution in [0.15, 0.2) is 69.3 Å². The lowest BCUT2D eigenvalue weighted by Crippen LogP contribution is -2.36. The molecule has 0 atom stereocenters. The number of para-hydroxylation sites is 1. The SMILES string of the molecule is COCC[n+]1cc(NC(=O)CSC2=N/C(=C/c3cccs3)C(=O)N2c2ccccc2)on1. The van der Waals surface area contributed by atoms with E-state index in [1.54, 1.807) is 19.4 Å². The average molecular weight is 471 g/mol. The van der Waals surface area contributed by atoms with Gasteiger partial charge < -0.3 is 4.74 Å². The van der Waals surface area contributed by atoms with Gasteiger partial charge in [-0.2, -0.15) is 0 Å². The van der Waals surface area contributed by atoms with E-state index in [4.69, 9.17) is 9.26 Å².